The highest BCUT2D eigenvalue weighted by Crippen LogP contribution is 2.10. The van der Waals surface area contributed by atoms with E-state index in [1.165, 1.54) is 0 Å². The van der Waals surface area contributed by atoms with Crippen LogP contribution in [0.5, 0.6) is 0 Å². The lowest BCUT2D eigenvalue weighted by molar-refractivity contribution is -0.141. The number of carbonyl (C=O) groups excluding carboxylic acids is 1. The molecule has 3 N–H and O–H groups in total. The molecule has 0 spiro atoms. The lowest BCUT2D eigenvalue weighted by Gasteiger charge is -2.12. The zero-order valence-corrected chi connectivity index (χ0v) is 11.6. The molecule has 19 heavy (non-hydrogen) atoms. The fraction of sp³-hybridized carbons (Fsp3) is 0.615. The molecule has 1 aromatic rings. The first kappa shape index (κ1) is 15.2. The van der Waals surface area contributed by atoms with Crippen LogP contribution in [0.2, 0.25) is 0 Å². The van der Waals surface area contributed by atoms with Crippen LogP contribution in [0.15, 0.2) is 0 Å². The van der Waals surface area contributed by atoms with Gasteiger partial charge in [0.1, 0.15) is 0 Å². The van der Waals surface area contributed by atoms with Gasteiger partial charge in [0.05, 0.1) is 18.0 Å². The van der Waals surface area contributed by atoms with E-state index in [9.17, 15) is 9.59 Å². The topological polar surface area (TPSA) is 95.1 Å². The number of carbonyl (C=O) groups is 2. The summed E-state index contributed by atoms with van der Waals surface area (Å²) in [5.74, 6) is -1.55. The van der Waals surface area contributed by atoms with Gasteiger partial charge in [-0.3, -0.25) is 14.7 Å². The van der Waals surface area contributed by atoms with Crippen LogP contribution in [0.1, 0.15) is 36.7 Å². The van der Waals surface area contributed by atoms with E-state index in [1.807, 2.05) is 20.8 Å². The number of nitrogens with one attached hydrogen (secondary N) is 2. The van der Waals surface area contributed by atoms with Crippen LogP contribution in [-0.2, 0) is 16.0 Å². The number of H-pyrrole nitrogens is 1. The van der Waals surface area contributed by atoms with E-state index < -0.39 is 11.9 Å². The Labute approximate surface area is 112 Å². The minimum atomic E-state index is -0.863. The SMILES string of the molecule is CCCC(CNC(=O)Cc1c(C)n[nH]c1C)C(=O)O. The van der Waals surface area contributed by atoms with E-state index in [0.717, 1.165) is 23.4 Å². The molecule has 6 nitrogen and oxygen atoms in total. The Hall–Kier alpha value is -1.85. The lowest BCUT2D eigenvalue weighted by Crippen LogP contribution is -2.34. The van der Waals surface area contributed by atoms with Gasteiger partial charge in [0, 0.05) is 17.8 Å². The van der Waals surface area contributed by atoms with Gasteiger partial charge in [-0.1, -0.05) is 13.3 Å². The average molecular weight is 267 g/mol. The molecule has 0 aliphatic rings. The molecular weight excluding hydrogens is 246 g/mol. The van der Waals surface area contributed by atoms with E-state index in [2.05, 4.69) is 15.5 Å². The summed E-state index contributed by atoms with van der Waals surface area (Å²) in [6, 6.07) is 0. The molecule has 0 aromatic carbocycles. The quantitative estimate of drug-likeness (QED) is 0.691. The maximum atomic E-state index is 11.8. The van der Waals surface area contributed by atoms with Crippen LogP contribution in [0.25, 0.3) is 0 Å². The van der Waals surface area contributed by atoms with Gasteiger partial charge in [0.2, 0.25) is 5.91 Å². The van der Waals surface area contributed by atoms with Gasteiger partial charge >= 0.3 is 5.97 Å². The standard InChI is InChI=1S/C13H21N3O3/c1-4-5-10(13(18)19)7-14-12(17)6-11-8(2)15-16-9(11)3/h10H,4-7H2,1-3H3,(H,14,17)(H,15,16)(H,18,19). The van der Waals surface area contributed by atoms with Gasteiger partial charge in [-0.15, -0.1) is 0 Å². The van der Waals surface area contributed by atoms with Crippen molar-refractivity contribution in [1.29, 1.82) is 0 Å². The fourth-order valence-corrected chi connectivity index (χ4v) is 1.96. The molecule has 0 aliphatic carbocycles. The average Bonchev–Trinajstić information content (AvgIpc) is 2.66. The monoisotopic (exact) mass is 267 g/mol. The summed E-state index contributed by atoms with van der Waals surface area (Å²) >= 11 is 0. The van der Waals surface area contributed by atoms with Crippen molar-refractivity contribution in [1.82, 2.24) is 15.5 Å². The number of hydrogen-bond donors (Lipinski definition) is 3. The minimum absolute atomic E-state index is 0.171. The first-order valence-electron chi connectivity index (χ1n) is 6.45. The molecule has 1 heterocycles. The number of aromatic amines is 1. The van der Waals surface area contributed by atoms with Crippen LogP contribution < -0.4 is 5.32 Å². The number of amides is 1. The largest absolute Gasteiger partial charge is 0.481 e. The van der Waals surface area contributed by atoms with Gasteiger partial charge < -0.3 is 10.4 Å². The molecule has 6 heteroatoms. The van der Waals surface area contributed by atoms with Crippen molar-refractivity contribution in [2.75, 3.05) is 6.54 Å². The summed E-state index contributed by atoms with van der Waals surface area (Å²) in [6.07, 6.45) is 1.58. The van der Waals surface area contributed by atoms with Crippen LogP contribution in [-0.4, -0.2) is 33.7 Å². The fourth-order valence-electron chi connectivity index (χ4n) is 1.96. The third-order valence-corrected chi connectivity index (χ3v) is 3.15. The second kappa shape index (κ2) is 6.92. The first-order valence-corrected chi connectivity index (χ1v) is 6.45. The summed E-state index contributed by atoms with van der Waals surface area (Å²) in [7, 11) is 0. The molecule has 0 radical (unpaired) electrons. The van der Waals surface area contributed by atoms with E-state index in [1.54, 1.807) is 0 Å². The second-order valence-electron chi connectivity index (χ2n) is 4.72. The van der Waals surface area contributed by atoms with Crippen molar-refractivity contribution in [2.24, 2.45) is 5.92 Å². The number of aromatic nitrogens is 2. The Morgan fingerprint density at radius 3 is 2.58 bits per heavy atom. The maximum Gasteiger partial charge on any atom is 0.308 e. The molecule has 0 fully saturated rings. The number of aryl methyl sites for hydroxylation is 2. The number of carboxylic acids is 1. The number of nitrogens with zero attached hydrogens (tertiary/aromatic N) is 1. The number of carboxylic acid groups (broad SMARTS) is 1. The molecule has 1 atom stereocenters. The molecule has 106 valence electrons. The zero-order chi connectivity index (χ0) is 14.4. The van der Waals surface area contributed by atoms with E-state index in [4.69, 9.17) is 5.11 Å². The van der Waals surface area contributed by atoms with Crippen LogP contribution in [0.3, 0.4) is 0 Å². The molecule has 1 rings (SSSR count). The van der Waals surface area contributed by atoms with Crippen molar-refractivity contribution in [3.8, 4) is 0 Å². The predicted molar refractivity (Wildman–Crippen MR) is 70.8 cm³/mol. The van der Waals surface area contributed by atoms with Gasteiger partial charge in [0.15, 0.2) is 0 Å². The Morgan fingerprint density at radius 1 is 1.42 bits per heavy atom. The highest BCUT2D eigenvalue weighted by molar-refractivity contribution is 5.80. The van der Waals surface area contributed by atoms with E-state index in [-0.39, 0.29) is 18.9 Å². The molecular formula is C13H21N3O3. The van der Waals surface area contributed by atoms with Crippen molar-refractivity contribution in [2.45, 2.75) is 40.0 Å². The second-order valence-corrected chi connectivity index (χ2v) is 4.72. The smallest absolute Gasteiger partial charge is 0.308 e. The Balaban J connectivity index is 2.50. The summed E-state index contributed by atoms with van der Waals surface area (Å²) < 4.78 is 0. The normalized spacial score (nSPS) is 12.2. The summed E-state index contributed by atoms with van der Waals surface area (Å²) in [5, 5.41) is 18.5. The number of hydrogen-bond acceptors (Lipinski definition) is 3. The number of rotatable bonds is 7. The molecule has 0 bridgehead atoms. The summed E-state index contributed by atoms with van der Waals surface area (Å²) in [6.45, 7) is 5.80. The highest BCUT2D eigenvalue weighted by atomic mass is 16.4. The molecule has 1 aromatic heterocycles. The van der Waals surface area contributed by atoms with Gasteiger partial charge in [-0.2, -0.15) is 5.10 Å². The predicted octanol–water partition coefficient (Wildman–Crippen LogP) is 1.19. The highest BCUT2D eigenvalue weighted by Gasteiger charge is 2.18. The van der Waals surface area contributed by atoms with Crippen LogP contribution in [0, 0.1) is 19.8 Å². The Morgan fingerprint density at radius 2 is 2.11 bits per heavy atom. The molecule has 1 unspecified atom stereocenters. The first-order chi connectivity index (χ1) is 8.95. The Bertz CT molecular complexity index is 434. The lowest BCUT2D eigenvalue weighted by atomic mass is 10.0. The van der Waals surface area contributed by atoms with Crippen molar-refractivity contribution in [3.05, 3.63) is 17.0 Å². The van der Waals surface area contributed by atoms with E-state index in [0.29, 0.717) is 6.42 Å². The molecule has 0 aliphatic heterocycles. The summed E-state index contributed by atoms with van der Waals surface area (Å²) in [4.78, 5) is 22.8. The van der Waals surface area contributed by atoms with Gasteiger partial charge in [-0.05, 0) is 20.3 Å². The maximum absolute atomic E-state index is 11.8. The van der Waals surface area contributed by atoms with Crippen molar-refractivity contribution in [3.63, 3.8) is 0 Å². The third kappa shape index (κ3) is 4.39. The molecule has 0 saturated carbocycles. The zero-order valence-electron chi connectivity index (χ0n) is 11.6. The van der Waals surface area contributed by atoms with Crippen molar-refractivity contribution >= 4 is 11.9 Å². The van der Waals surface area contributed by atoms with Gasteiger partial charge in [-0.25, -0.2) is 0 Å². The van der Waals surface area contributed by atoms with Crippen LogP contribution in [0.4, 0.5) is 0 Å². The Kier molecular flexibility index (Phi) is 5.54. The minimum Gasteiger partial charge on any atom is -0.481 e. The van der Waals surface area contributed by atoms with Crippen LogP contribution >= 0.6 is 0 Å². The molecule has 0 saturated heterocycles. The molecule has 1 amide bonds. The number of aliphatic carboxylic acids is 1. The van der Waals surface area contributed by atoms with E-state index >= 15 is 0 Å². The van der Waals surface area contributed by atoms with Crippen molar-refractivity contribution < 1.29 is 14.7 Å². The third-order valence-electron chi connectivity index (χ3n) is 3.15. The summed E-state index contributed by atoms with van der Waals surface area (Å²) in [5.41, 5.74) is 2.55. The van der Waals surface area contributed by atoms with Gasteiger partial charge in [0.25, 0.3) is 0 Å².